The van der Waals surface area contributed by atoms with Crippen LogP contribution in [-0.4, -0.2) is 18.5 Å². The molecule has 0 atom stereocenters. The number of anilines is 2. The zero-order chi connectivity index (χ0) is 21.1. The molecule has 8 heteroatoms. The van der Waals surface area contributed by atoms with Gasteiger partial charge in [-0.05, 0) is 55.0 Å². The molecule has 2 N–H and O–H groups in total. The van der Waals surface area contributed by atoms with Crippen molar-refractivity contribution in [3.8, 4) is 5.75 Å². The number of nitrogens with one attached hydrogen (secondary N) is 2. The van der Waals surface area contributed by atoms with E-state index in [2.05, 4.69) is 26.8 Å². The normalized spacial score (nSPS) is 11.9. The van der Waals surface area contributed by atoms with Gasteiger partial charge in [-0.3, -0.25) is 15.1 Å². The van der Waals surface area contributed by atoms with E-state index < -0.39 is 11.9 Å². The number of aryl methyl sites for hydroxylation is 1. The maximum atomic E-state index is 12.9. The number of hydrogen-bond donors (Lipinski definition) is 2. The molecule has 6 nitrogen and oxygen atoms in total. The zero-order valence-corrected chi connectivity index (χ0v) is 18.4. The predicted octanol–water partition coefficient (Wildman–Crippen LogP) is 5.18. The Bertz CT molecular complexity index is 1080. The van der Waals surface area contributed by atoms with Gasteiger partial charge in [0.15, 0.2) is 6.61 Å². The van der Waals surface area contributed by atoms with Crippen molar-refractivity contribution in [2.75, 3.05) is 11.5 Å². The van der Waals surface area contributed by atoms with Gasteiger partial charge >= 0.3 is 6.03 Å². The number of nitrogens with zero attached hydrogens (tertiary/aromatic N) is 1. The van der Waals surface area contributed by atoms with E-state index in [4.69, 9.17) is 4.74 Å². The lowest BCUT2D eigenvalue weighted by molar-refractivity contribution is -0.123. The Hall–Kier alpha value is -2.97. The Kier molecular flexibility index (Phi) is 5.96. The summed E-state index contributed by atoms with van der Waals surface area (Å²) in [5, 5.41) is 0. The molecule has 1 heterocycles. The second-order valence-electron chi connectivity index (χ2n) is 6.55. The molecule has 0 saturated carbocycles. The monoisotopic (exact) mass is 483 g/mol. The summed E-state index contributed by atoms with van der Waals surface area (Å²) in [5.74, 6) is 0.116. The first kappa shape index (κ1) is 20.3. The van der Waals surface area contributed by atoms with Crippen LogP contribution in [0.2, 0.25) is 0 Å². The number of hydrazine groups is 1. The van der Waals surface area contributed by atoms with Crippen LogP contribution in [0.15, 0.2) is 81.0 Å². The molecule has 4 rings (SSSR count). The molecule has 152 valence electrons. The van der Waals surface area contributed by atoms with E-state index in [0.717, 1.165) is 31.2 Å². The number of benzene rings is 3. The number of fused-ring (bicyclic) bond motifs is 2. The molecular formula is C22H18BrN3O3S. The van der Waals surface area contributed by atoms with Gasteiger partial charge in [-0.1, -0.05) is 52.0 Å². The van der Waals surface area contributed by atoms with Crippen LogP contribution in [0.4, 0.5) is 16.2 Å². The van der Waals surface area contributed by atoms with Gasteiger partial charge < -0.3 is 4.74 Å². The highest BCUT2D eigenvalue weighted by Crippen LogP contribution is 2.47. The highest BCUT2D eigenvalue weighted by molar-refractivity contribution is 9.10. The third kappa shape index (κ3) is 4.29. The van der Waals surface area contributed by atoms with E-state index >= 15 is 0 Å². The fraction of sp³-hybridized carbons (Fsp3) is 0.0909. The van der Waals surface area contributed by atoms with Crippen LogP contribution < -0.4 is 20.5 Å². The first-order valence-electron chi connectivity index (χ1n) is 9.17. The van der Waals surface area contributed by atoms with Gasteiger partial charge in [-0.15, -0.1) is 0 Å². The Morgan fingerprint density at radius 2 is 1.60 bits per heavy atom. The van der Waals surface area contributed by atoms with Crippen molar-refractivity contribution in [3.05, 3.63) is 76.8 Å². The van der Waals surface area contributed by atoms with Crippen LogP contribution in [0.3, 0.4) is 0 Å². The van der Waals surface area contributed by atoms with Gasteiger partial charge in [0.2, 0.25) is 0 Å². The van der Waals surface area contributed by atoms with E-state index in [0.29, 0.717) is 5.75 Å². The van der Waals surface area contributed by atoms with Gasteiger partial charge in [-0.25, -0.2) is 10.2 Å². The number of ether oxygens (including phenoxy) is 1. The number of rotatable bonds is 3. The fourth-order valence-corrected chi connectivity index (χ4v) is 4.30. The minimum atomic E-state index is -0.461. The van der Waals surface area contributed by atoms with Gasteiger partial charge in [0, 0.05) is 14.3 Å². The smallest absolute Gasteiger partial charge is 0.345 e. The summed E-state index contributed by atoms with van der Waals surface area (Å²) in [5.41, 5.74) is 7.42. The minimum absolute atomic E-state index is 0.218. The van der Waals surface area contributed by atoms with Crippen LogP contribution in [0.5, 0.6) is 5.75 Å². The zero-order valence-electron chi connectivity index (χ0n) is 16.0. The lowest BCUT2D eigenvalue weighted by atomic mass is 10.2. The van der Waals surface area contributed by atoms with Crippen LogP contribution in [0.25, 0.3) is 0 Å². The van der Waals surface area contributed by atoms with Crippen LogP contribution in [-0.2, 0) is 4.79 Å². The number of urea groups is 1. The van der Waals surface area contributed by atoms with Crippen molar-refractivity contribution in [3.63, 3.8) is 0 Å². The molecule has 0 unspecified atom stereocenters. The predicted molar refractivity (Wildman–Crippen MR) is 120 cm³/mol. The lowest BCUT2D eigenvalue weighted by Crippen LogP contribution is -2.49. The average Bonchev–Trinajstić information content (AvgIpc) is 2.76. The number of hydrogen-bond acceptors (Lipinski definition) is 4. The molecule has 30 heavy (non-hydrogen) atoms. The van der Waals surface area contributed by atoms with Gasteiger partial charge in [0.25, 0.3) is 5.91 Å². The summed E-state index contributed by atoms with van der Waals surface area (Å²) in [6.45, 7) is 1.72. The summed E-state index contributed by atoms with van der Waals surface area (Å²) in [6.07, 6.45) is 0. The highest BCUT2D eigenvalue weighted by atomic mass is 79.9. The molecule has 1 aliphatic rings. The van der Waals surface area contributed by atoms with Crippen molar-refractivity contribution < 1.29 is 14.3 Å². The number of carbonyl (C=O) groups excluding carboxylic acids is 2. The summed E-state index contributed by atoms with van der Waals surface area (Å²) >= 11 is 5.03. The molecule has 3 aromatic rings. The van der Waals surface area contributed by atoms with E-state index in [9.17, 15) is 9.59 Å². The summed E-state index contributed by atoms with van der Waals surface area (Å²) in [6, 6.07) is 20.3. The first-order valence-corrected chi connectivity index (χ1v) is 10.8. The number of para-hydroxylation sites is 2. The van der Waals surface area contributed by atoms with Crippen molar-refractivity contribution in [1.82, 2.24) is 10.9 Å². The quantitative estimate of drug-likeness (QED) is 0.503. The topological polar surface area (TPSA) is 70.7 Å². The Morgan fingerprint density at radius 1 is 0.967 bits per heavy atom. The molecule has 0 radical (unpaired) electrons. The maximum absolute atomic E-state index is 12.9. The molecule has 1 aliphatic heterocycles. The standard InChI is InChI=1S/C22H18BrN3O3S/c1-14-12-15(10-11-16(14)23)29-13-21(27)24-25-22(28)26-17-6-2-4-8-19(17)30-20-9-5-3-7-18(20)26/h2-12H,13H2,1H3,(H,24,27)(H,25,28). The molecule has 3 aromatic carbocycles. The SMILES string of the molecule is Cc1cc(OCC(=O)NNC(=O)N2c3ccccc3Sc3ccccc32)ccc1Br. The van der Waals surface area contributed by atoms with E-state index in [1.54, 1.807) is 22.7 Å². The van der Waals surface area contributed by atoms with Crippen molar-refractivity contribution >= 4 is 51.0 Å². The molecule has 0 fully saturated rings. The Morgan fingerprint density at radius 3 is 2.23 bits per heavy atom. The van der Waals surface area contributed by atoms with E-state index in [-0.39, 0.29) is 6.61 Å². The Balaban J connectivity index is 1.42. The third-order valence-corrected chi connectivity index (χ3v) is 6.46. The molecular weight excluding hydrogens is 466 g/mol. The third-order valence-electron chi connectivity index (χ3n) is 4.44. The molecule has 0 saturated heterocycles. The number of halogens is 1. The fourth-order valence-electron chi connectivity index (χ4n) is 2.99. The molecule has 3 amide bonds. The lowest BCUT2D eigenvalue weighted by Gasteiger charge is -2.30. The molecule has 0 aromatic heterocycles. The number of carbonyl (C=O) groups is 2. The first-order chi connectivity index (χ1) is 14.5. The summed E-state index contributed by atoms with van der Waals surface area (Å²) in [7, 11) is 0. The van der Waals surface area contributed by atoms with Crippen LogP contribution in [0.1, 0.15) is 5.56 Å². The number of amides is 3. The second-order valence-corrected chi connectivity index (χ2v) is 8.49. The molecule has 0 spiro atoms. The minimum Gasteiger partial charge on any atom is -0.484 e. The summed E-state index contributed by atoms with van der Waals surface area (Å²) in [4.78, 5) is 28.6. The highest BCUT2D eigenvalue weighted by Gasteiger charge is 2.28. The van der Waals surface area contributed by atoms with Crippen molar-refractivity contribution in [2.45, 2.75) is 16.7 Å². The van der Waals surface area contributed by atoms with Crippen LogP contribution >= 0.6 is 27.7 Å². The van der Waals surface area contributed by atoms with Gasteiger partial charge in [0.05, 0.1) is 11.4 Å². The van der Waals surface area contributed by atoms with E-state index in [1.165, 1.54) is 0 Å². The van der Waals surface area contributed by atoms with Gasteiger partial charge in [-0.2, -0.15) is 0 Å². The largest absolute Gasteiger partial charge is 0.484 e. The van der Waals surface area contributed by atoms with Crippen molar-refractivity contribution in [1.29, 1.82) is 0 Å². The van der Waals surface area contributed by atoms with Crippen molar-refractivity contribution in [2.24, 2.45) is 0 Å². The van der Waals surface area contributed by atoms with Crippen LogP contribution in [0, 0.1) is 6.92 Å². The second kappa shape index (κ2) is 8.81. The average molecular weight is 484 g/mol. The molecule has 0 aliphatic carbocycles. The molecule has 0 bridgehead atoms. The Labute approximate surface area is 186 Å². The van der Waals surface area contributed by atoms with E-state index in [1.807, 2.05) is 67.6 Å². The van der Waals surface area contributed by atoms with Gasteiger partial charge in [0.1, 0.15) is 5.75 Å². The maximum Gasteiger partial charge on any atom is 0.345 e. The summed E-state index contributed by atoms with van der Waals surface area (Å²) < 4.78 is 6.46.